The molecular formula is C13H17Br. The van der Waals surface area contributed by atoms with Gasteiger partial charge >= 0.3 is 0 Å². The molecule has 1 aliphatic carbocycles. The van der Waals surface area contributed by atoms with Gasteiger partial charge in [0.15, 0.2) is 0 Å². The molecule has 1 heteroatoms. The van der Waals surface area contributed by atoms with E-state index in [2.05, 4.69) is 74.0 Å². The van der Waals surface area contributed by atoms with E-state index in [0.717, 1.165) is 0 Å². The Morgan fingerprint density at radius 1 is 0.857 bits per heavy atom. The smallest absolute Gasteiger partial charge is 0.0618 e. The van der Waals surface area contributed by atoms with E-state index in [-0.39, 0.29) is 4.32 Å². The Balaban J connectivity index is 2.48. The van der Waals surface area contributed by atoms with Crippen molar-refractivity contribution < 1.29 is 0 Å². The first kappa shape index (κ1) is 10.2. The van der Waals surface area contributed by atoms with Crippen LogP contribution >= 0.6 is 15.9 Å². The molecule has 1 aromatic rings. The van der Waals surface area contributed by atoms with E-state index < -0.39 is 0 Å². The Labute approximate surface area is 94.8 Å². The minimum atomic E-state index is 0.147. The summed E-state index contributed by atoms with van der Waals surface area (Å²) in [5.74, 6) is 0. The third-order valence-electron chi connectivity index (χ3n) is 4.39. The molecule has 0 aliphatic heterocycles. The van der Waals surface area contributed by atoms with Gasteiger partial charge in [-0.25, -0.2) is 0 Å². The van der Waals surface area contributed by atoms with E-state index in [0.29, 0.717) is 10.8 Å². The van der Waals surface area contributed by atoms with Crippen LogP contribution in [0.25, 0.3) is 0 Å². The Kier molecular flexibility index (Phi) is 1.92. The van der Waals surface area contributed by atoms with Gasteiger partial charge in [0.25, 0.3) is 0 Å². The highest BCUT2D eigenvalue weighted by molar-refractivity contribution is 9.10. The molecule has 0 bridgehead atoms. The maximum absolute atomic E-state index is 3.94. The van der Waals surface area contributed by atoms with E-state index in [1.54, 1.807) is 0 Å². The predicted molar refractivity (Wildman–Crippen MR) is 64.6 cm³/mol. The number of alkyl halides is 1. The van der Waals surface area contributed by atoms with Crippen molar-refractivity contribution in [3.8, 4) is 0 Å². The van der Waals surface area contributed by atoms with Gasteiger partial charge in [-0.2, -0.15) is 0 Å². The van der Waals surface area contributed by atoms with Crippen LogP contribution in [0.5, 0.6) is 0 Å². The second-order valence-electron chi connectivity index (χ2n) is 5.27. The molecule has 0 amide bonds. The predicted octanol–water partition coefficient (Wildman–Crippen LogP) is 4.34. The van der Waals surface area contributed by atoms with Crippen LogP contribution in [-0.2, 0) is 4.32 Å². The fourth-order valence-electron chi connectivity index (χ4n) is 2.63. The molecule has 1 fully saturated rings. The summed E-state index contributed by atoms with van der Waals surface area (Å²) in [5, 5.41) is 0. The molecule has 2 rings (SSSR count). The van der Waals surface area contributed by atoms with Gasteiger partial charge in [-0.05, 0) is 16.4 Å². The molecule has 0 N–H and O–H groups in total. The third kappa shape index (κ3) is 0.894. The first-order chi connectivity index (χ1) is 6.36. The average molecular weight is 253 g/mol. The number of hydrogen-bond acceptors (Lipinski definition) is 0. The molecule has 0 nitrogen and oxygen atoms in total. The maximum atomic E-state index is 3.94. The zero-order valence-corrected chi connectivity index (χ0v) is 10.9. The lowest BCUT2D eigenvalue weighted by Gasteiger charge is -2.13. The van der Waals surface area contributed by atoms with Gasteiger partial charge in [-0.3, -0.25) is 0 Å². The van der Waals surface area contributed by atoms with Crippen molar-refractivity contribution in [2.45, 2.75) is 32.0 Å². The Morgan fingerprint density at radius 3 is 1.64 bits per heavy atom. The summed E-state index contributed by atoms with van der Waals surface area (Å²) in [5.41, 5.74) is 2.04. The van der Waals surface area contributed by atoms with E-state index in [1.807, 2.05) is 0 Å². The second-order valence-corrected chi connectivity index (χ2v) is 6.46. The summed E-state index contributed by atoms with van der Waals surface area (Å²) in [6, 6.07) is 10.7. The molecule has 0 spiro atoms. The molecule has 76 valence electrons. The summed E-state index contributed by atoms with van der Waals surface area (Å²) in [7, 11) is 0. The van der Waals surface area contributed by atoms with Crippen molar-refractivity contribution in [3.05, 3.63) is 35.9 Å². The van der Waals surface area contributed by atoms with Crippen molar-refractivity contribution in [2.75, 3.05) is 0 Å². The molecule has 0 atom stereocenters. The lowest BCUT2D eigenvalue weighted by Crippen LogP contribution is -2.06. The zero-order valence-electron chi connectivity index (χ0n) is 9.26. The van der Waals surface area contributed by atoms with Gasteiger partial charge in [0.1, 0.15) is 0 Å². The molecule has 0 aromatic heterocycles. The van der Waals surface area contributed by atoms with E-state index in [9.17, 15) is 0 Å². The Hall–Kier alpha value is -0.300. The molecule has 1 saturated carbocycles. The van der Waals surface area contributed by atoms with Gasteiger partial charge in [0.05, 0.1) is 4.32 Å². The van der Waals surface area contributed by atoms with E-state index in [4.69, 9.17) is 0 Å². The fourth-order valence-corrected chi connectivity index (χ4v) is 3.79. The minimum Gasteiger partial charge on any atom is -0.0789 e. The quantitative estimate of drug-likeness (QED) is 0.653. The molecule has 0 heterocycles. The summed E-state index contributed by atoms with van der Waals surface area (Å²) < 4.78 is 0.147. The molecule has 1 aliphatic rings. The number of halogens is 1. The SMILES string of the molecule is CC1(C)C(C)(C)C1(Br)c1ccccc1. The number of benzene rings is 1. The van der Waals surface area contributed by atoms with Gasteiger partial charge in [0, 0.05) is 0 Å². The molecular weight excluding hydrogens is 236 g/mol. The number of hydrogen-bond donors (Lipinski definition) is 0. The third-order valence-corrected chi connectivity index (χ3v) is 6.83. The van der Waals surface area contributed by atoms with Crippen LogP contribution in [0.15, 0.2) is 30.3 Å². The Morgan fingerprint density at radius 2 is 1.29 bits per heavy atom. The molecule has 0 saturated heterocycles. The lowest BCUT2D eigenvalue weighted by atomic mass is 10.0. The van der Waals surface area contributed by atoms with Gasteiger partial charge in [-0.15, -0.1) is 0 Å². The van der Waals surface area contributed by atoms with Crippen molar-refractivity contribution in [2.24, 2.45) is 10.8 Å². The fraction of sp³-hybridized carbons (Fsp3) is 0.538. The van der Waals surface area contributed by atoms with Crippen molar-refractivity contribution in [3.63, 3.8) is 0 Å². The van der Waals surface area contributed by atoms with E-state index in [1.165, 1.54) is 5.56 Å². The monoisotopic (exact) mass is 252 g/mol. The number of rotatable bonds is 1. The van der Waals surface area contributed by atoms with Crippen LogP contribution in [0.2, 0.25) is 0 Å². The van der Waals surface area contributed by atoms with Gasteiger partial charge in [0.2, 0.25) is 0 Å². The van der Waals surface area contributed by atoms with Crippen LogP contribution < -0.4 is 0 Å². The molecule has 0 radical (unpaired) electrons. The summed E-state index contributed by atoms with van der Waals surface area (Å²) in [4.78, 5) is 0. The first-order valence-electron chi connectivity index (χ1n) is 5.10. The van der Waals surface area contributed by atoms with Crippen LogP contribution in [-0.4, -0.2) is 0 Å². The zero-order chi connectivity index (χ0) is 10.6. The summed E-state index contributed by atoms with van der Waals surface area (Å²) in [6.45, 7) is 9.31. The first-order valence-corrected chi connectivity index (χ1v) is 5.89. The molecule has 0 unspecified atom stereocenters. The van der Waals surface area contributed by atoms with Crippen molar-refractivity contribution >= 4 is 15.9 Å². The Bertz CT molecular complexity index is 335. The molecule has 1 aromatic carbocycles. The summed E-state index contributed by atoms with van der Waals surface area (Å²) >= 11 is 3.94. The van der Waals surface area contributed by atoms with Crippen molar-refractivity contribution in [1.82, 2.24) is 0 Å². The highest BCUT2D eigenvalue weighted by Crippen LogP contribution is 2.81. The van der Waals surface area contributed by atoms with Crippen molar-refractivity contribution in [1.29, 1.82) is 0 Å². The largest absolute Gasteiger partial charge is 0.0789 e. The highest BCUT2D eigenvalue weighted by atomic mass is 79.9. The van der Waals surface area contributed by atoms with Crippen LogP contribution in [0, 0.1) is 10.8 Å². The van der Waals surface area contributed by atoms with Gasteiger partial charge < -0.3 is 0 Å². The van der Waals surface area contributed by atoms with Crippen LogP contribution in [0.1, 0.15) is 33.3 Å². The van der Waals surface area contributed by atoms with Gasteiger partial charge in [-0.1, -0.05) is 74.0 Å². The molecule has 14 heavy (non-hydrogen) atoms. The highest BCUT2D eigenvalue weighted by Gasteiger charge is 2.76. The van der Waals surface area contributed by atoms with Crippen LogP contribution in [0.4, 0.5) is 0 Å². The van der Waals surface area contributed by atoms with Crippen LogP contribution in [0.3, 0.4) is 0 Å². The van der Waals surface area contributed by atoms with E-state index >= 15 is 0 Å². The minimum absolute atomic E-state index is 0.147. The topological polar surface area (TPSA) is 0 Å². The summed E-state index contributed by atoms with van der Waals surface area (Å²) in [6.07, 6.45) is 0. The average Bonchev–Trinajstić information content (AvgIpc) is 2.47. The maximum Gasteiger partial charge on any atom is 0.0618 e. The second kappa shape index (κ2) is 2.63. The standard InChI is InChI=1S/C13H17Br/c1-11(2)12(3,4)13(11,14)10-8-6-5-7-9-10/h5-9H,1-4H3. The lowest BCUT2D eigenvalue weighted by molar-refractivity contribution is 0.457. The normalized spacial score (nSPS) is 25.8.